The second-order valence-electron chi connectivity index (χ2n) is 8.69. The van der Waals surface area contributed by atoms with Crippen LogP contribution in [0.4, 0.5) is 5.69 Å². The summed E-state index contributed by atoms with van der Waals surface area (Å²) in [6.07, 6.45) is 2.27. The van der Waals surface area contributed by atoms with Gasteiger partial charge in [0.05, 0.1) is 28.9 Å². The van der Waals surface area contributed by atoms with Crippen molar-refractivity contribution in [3.8, 4) is 11.5 Å². The first-order chi connectivity index (χ1) is 16.3. The number of rotatable bonds is 6. The molecule has 0 radical (unpaired) electrons. The van der Waals surface area contributed by atoms with Crippen LogP contribution in [0, 0.1) is 12.8 Å². The molecule has 8 heteroatoms. The van der Waals surface area contributed by atoms with Crippen LogP contribution in [0.3, 0.4) is 0 Å². The number of hydrogen-bond donors (Lipinski definition) is 3. The van der Waals surface area contributed by atoms with Gasteiger partial charge < -0.3 is 25.6 Å². The zero-order valence-corrected chi connectivity index (χ0v) is 19.4. The Morgan fingerprint density at radius 1 is 1.21 bits per heavy atom. The average Bonchev–Trinajstić information content (AvgIpc) is 2.82. The van der Waals surface area contributed by atoms with Gasteiger partial charge in [0.25, 0.3) is 5.91 Å². The molecule has 3 aromatic rings. The fraction of sp³-hybridized carbons (Fsp3) is 0.346. The number of fused-ring (bicyclic) bond motifs is 1. The Balaban J connectivity index is 1.50. The monoisotopic (exact) mass is 463 g/mol. The third-order valence-corrected chi connectivity index (χ3v) is 6.46. The normalized spacial score (nSPS) is 14.4. The number of amides is 1. The number of carbonyl (C=O) groups excluding carboxylic acids is 1. The third kappa shape index (κ3) is 4.48. The number of aromatic nitrogens is 1. The molecule has 2 heterocycles. The van der Waals surface area contributed by atoms with Crippen molar-refractivity contribution >= 4 is 28.5 Å². The number of likely N-dealkylation sites (tertiary alicyclic amines) is 1. The van der Waals surface area contributed by atoms with E-state index in [-0.39, 0.29) is 28.8 Å². The van der Waals surface area contributed by atoms with E-state index in [0.717, 1.165) is 18.4 Å². The Kier molecular flexibility index (Phi) is 6.58. The molecule has 0 unspecified atom stereocenters. The fourth-order valence-electron chi connectivity index (χ4n) is 4.56. The van der Waals surface area contributed by atoms with E-state index in [0.29, 0.717) is 54.0 Å². The van der Waals surface area contributed by atoms with E-state index >= 15 is 0 Å². The van der Waals surface area contributed by atoms with E-state index in [1.54, 1.807) is 30.0 Å². The van der Waals surface area contributed by atoms with Crippen LogP contribution in [-0.4, -0.2) is 51.7 Å². The zero-order chi connectivity index (χ0) is 24.4. The maximum absolute atomic E-state index is 12.7. The Morgan fingerprint density at radius 2 is 1.94 bits per heavy atom. The molecule has 1 aliphatic heterocycles. The maximum atomic E-state index is 12.7. The number of aromatic carboxylic acids is 1. The molecule has 1 aromatic heterocycles. The molecule has 4 rings (SSSR count). The van der Waals surface area contributed by atoms with Crippen LogP contribution in [0.1, 0.15) is 51.7 Å². The second kappa shape index (κ2) is 9.59. The van der Waals surface area contributed by atoms with Crippen LogP contribution in [0.5, 0.6) is 11.5 Å². The standard InChI is InChI=1S/C26H29N3O5/c1-3-17-7-8-20-22(23(27)21(26(32)33)15(2)28-20)24(17)34-14-16-9-11-29(12-10-16)25(31)18-5-4-6-19(30)13-18/h4-8,13,16,30H,3,9-12,14H2,1-2H3,(H2,27,28)(H,32,33). The summed E-state index contributed by atoms with van der Waals surface area (Å²) >= 11 is 0. The van der Waals surface area contributed by atoms with Gasteiger partial charge in [-0.05, 0) is 61.9 Å². The number of phenols is 1. The minimum absolute atomic E-state index is 0.00405. The van der Waals surface area contributed by atoms with Crippen LogP contribution >= 0.6 is 0 Å². The smallest absolute Gasteiger partial charge is 0.339 e. The number of carbonyl (C=O) groups is 2. The predicted octanol–water partition coefficient (Wildman–Crippen LogP) is 4.02. The van der Waals surface area contributed by atoms with E-state index in [1.807, 2.05) is 19.1 Å². The number of piperidine rings is 1. The number of ether oxygens (including phenoxy) is 1. The van der Waals surface area contributed by atoms with Gasteiger partial charge in [-0.15, -0.1) is 0 Å². The van der Waals surface area contributed by atoms with Gasteiger partial charge in [-0.1, -0.05) is 19.1 Å². The van der Waals surface area contributed by atoms with Crippen molar-refractivity contribution in [2.75, 3.05) is 25.4 Å². The number of pyridine rings is 1. The maximum Gasteiger partial charge on any atom is 0.339 e. The van der Waals surface area contributed by atoms with Gasteiger partial charge >= 0.3 is 5.97 Å². The van der Waals surface area contributed by atoms with E-state index in [4.69, 9.17) is 10.5 Å². The number of aryl methyl sites for hydroxylation is 2. The van der Waals surface area contributed by atoms with Gasteiger partial charge in [-0.25, -0.2) is 4.79 Å². The number of nitrogen functional groups attached to an aromatic ring is 1. The second-order valence-corrected chi connectivity index (χ2v) is 8.69. The summed E-state index contributed by atoms with van der Waals surface area (Å²) in [5.74, 6) is -0.294. The first-order valence-corrected chi connectivity index (χ1v) is 11.5. The van der Waals surface area contributed by atoms with E-state index in [2.05, 4.69) is 4.98 Å². The molecule has 0 bridgehead atoms. The minimum atomic E-state index is -1.11. The summed E-state index contributed by atoms with van der Waals surface area (Å²) in [5, 5.41) is 19.8. The zero-order valence-electron chi connectivity index (χ0n) is 19.4. The van der Waals surface area contributed by atoms with Crippen molar-refractivity contribution in [1.82, 2.24) is 9.88 Å². The lowest BCUT2D eigenvalue weighted by atomic mass is 9.96. The molecule has 2 aromatic carbocycles. The number of phenolic OH excluding ortho intramolecular Hbond substituents is 1. The molecular formula is C26H29N3O5. The molecule has 8 nitrogen and oxygen atoms in total. The fourth-order valence-corrected chi connectivity index (χ4v) is 4.56. The third-order valence-electron chi connectivity index (χ3n) is 6.46. The van der Waals surface area contributed by atoms with Gasteiger partial charge in [-0.3, -0.25) is 9.78 Å². The van der Waals surface area contributed by atoms with Gasteiger partial charge in [0, 0.05) is 18.7 Å². The number of carboxylic acids is 1. The number of nitrogens with two attached hydrogens (primary N) is 1. The lowest BCUT2D eigenvalue weighted by molar-refractivity contribution is 0.0658. The van der Waals surface area contributed by atoms with E-state index in [9.17, 15) is 19.8 Å². The van der Waals surface area contributed by atoms with Gasteiger partial charge in [-0.2, -0.15) is 0 Å². The summed E-state index contributed by atoms with van der Waals surface area (Å²) in [7, 11) is 0. The van der Waals surface area contributed by atoms with Crippen LogP contribution in [-0.2, 0) is 6.42 Å². The Hall–Kier alpha value is -3.81. The highest BCUT2D eigenvalue weighted by Crippen LogP contribution is 2.37. The Bertz CT molecular complexity index is 1250. The largest absolute Gasteiger partial charge is 0.508 e. The number of carboxylic acid groups (broad SMARTS) is 1. The molecule has 1 fully saturated rings. The Labute approximate surface area is 198 Å². The van der Waals surface area contributed by atoms with Crippen molar-refractivity contribution in [3.05, 3.63) is 58.8 Å². The molecule has 1 saturated heterocycles. The highest BCUT2D eigenvalue weighted by molar-refractivity contribution is 6.07. The predicted molar refractivity (Wildman–Crippen MR) is 129 cm³/mol. The number of nitrogens with zero attached hydrogens (tertiary/aromatic N) is 2. The van der Waals surface area contributed by atoms with Gasteiger partial charge in [0.2, 0.25) is 0 Å². The van der Waals surface area contributed by atoms with Crippen molar-refractivity contribution in [2.45, 2.75) is 33.1 Å². The van der Waals surface area contributed by atoms with Crippen molar-refractivity contribution in [1.29, 1.82) is 0 Å². The summed E-state index contributed by atoms with van der Waals surface area (Å²) in [6, 6.07) is 10.2. The van der Waals surface area contributed by atoms with Crippen molar-refractivity contribution < 1.29 is 24.5 Å². The number of anilines is 1. The highest BCUT2D eigenvalue weighted by Gasteiger charge is 2.26. The molecule has 1 amide bonds. The molecule has 0 saturated carbocycles. The van der Waals surface area contributed by atoms with Gasteiger partial charge in [0.15, 0.2) is 0 Å². The average molecular weight is 464 g/mol. The number of hydrogen-bond acceptors (Lipinski definition) is 6. The molecule has 4 N–H and O–H groups in total. The molecule has 178 valence electrons. The Morgan fingerprint density at radius 3 is 2.59 bits per heavy atom. The minimum Gasteiger partial charge on any atom is -0.508 e. The number of benzene rings is 2. The molecule has 1 aliphatic rings. The first kappa shape index (κ1) is 23.4. The summed E-state index contributed by atoms with van der Waals surface area (Å²) < 4.78 is 6.28. The van der Waals surface area contributed by atoms with E-state index < -0.39 is 5.97 Å². The molecule has 34 heavy (non-hydrogen) atoms. The molecule has 0 aliphatic carbocycles. The number of aromatic hydroxyl groups is 1. The highest BCUT2D eigenvalue weighted by atomic mass is 16.5. The molecule has 0 spiro atoms. The summed E-state index contributed by atoms with van der Waals surface area (Å²) in [5.41, 5.74) is 8.89. The lowest BCUT2D eigenvalue weighted by Gasteiger charge is -2.32. The van der Waals surface area contributed by atoms with Gasteiger partial charge in [0.1, 0.15) is 17.1 Å². The van der Waals surface area contributed by atoms with Crippen LogP contribution in [0.25, 0.3) is 10.9 Å². The summed E-state index contributed by atoms with van der Waals surface area (Å²) in [6.45, 7) is 5.29. The van der Waals surface area contributed by atoms with Crippen LogP contribution < -0.4 is 10.5 Å². The molecular weight excluding hydrogens is 434 g/mol. The van der Waals surface area contributed by atoms with E-state index in [1.165, 1.54) is 6.07 Å². The molecule has 0 atom stereocenters. The van der Waals surface area contributed by atoms with Crippen LogP contribution in [0.2, 0.25) is 0 Å². The lowest BCUT2D eigenvalue weighted by Crippen LogP contribution is -2.39. The first-order valence-electron chi connectivity index (χ1n) is 11.5. The SMILES string of the molecule is CCc1ccc2nc(C)c(C(=O)O)c(N)c2c1OCC1CCN(C(=O)c2cccc(O)c2)CC1. The van der Waals surface area contributed by atoms with Crippen molar-refractivity contribution in [2.24, 2.45) is 5.92 Å². The van der Waals surface area contributed by atoms with Crippen LogP contribution in [0.15, 0.2) is 36.4 Å². The van der Waals surface area contributed by atoms with Crippen molar-refractivity contribution in [3.63, 3.8) is 0 Å². The quantitative estimate of drug-likeness (QED) is 0.504. The summed E-state index contributed by atoms with van der Waals surface area (Å²) in [4.78, 5) is 30.7. The topological polar surface area (TPSA) is 126 Å².